The molecule has 1 atom stereocenters. The number of aryl methyl sites for hydroxylation is 1. The van der Waals surface area contributed by atoms with E-state index in [0.29, 0.717) is 6.54 Å². The number of carboxylic acid groups (broad SMARTS) is 1. The molecule has 3 N–H and O–H groups in total. The zero-order chi connectivity index (χ0) is 16.2. The van der Waals surface area contributed by atoms with Gasteiger partial charge in [-0.2, -0.15) is 0 Å². The molecule has 1 aliphatic carbocycles. The first kappa shape index (κ1) is 15.6. The predicted octanol–water partition coefficient (Wildman–Crippen LogP) is 3.32. The molecule has 0 spiro atoms. The Labute approximate surface area is 138 Å². The van der Waals surface area contributed by atoms with E-state index in [-0.39, 0.29) is 17.6 Å². The van der Waals surface area contributed by atoms with Gasteiger partial charge in [0.2, 0.25) is 0 Å². The summed E-state index contributed by atoms with van der Waals surface area (Å²) < 4.78 is 0. The molecular weight excluding hydrogens is 312 g/mol. The average Bonchev–Trinajstić information content (AvgIpc) is 3.03. The molecule has 6 heteroatoms. The SMILES string of the molecule is O=C(NCc1ccc(C(=O)O)cc1)NC1CCCc2sccc21. The maximum absolute atomic E-state index is 12.1. The fourth-order valence-corrected chi connectivity index (χ4v) is 3.78. The van der Waals surface area contributed by atoms with Crippen molar-refractivity contribution in [2.75, 3.05) is 0 Å². The highest BCUT2D eigenvalue weighted by atomic mass is 32.1. The minimum absolute atomic E-state index is 0.0828. The van der Waals surface area contributed by atoms with E-state index in [1.54, 1.807) is 23.5 Å². The zero-order valence-electron chi connectivity index (χ0n) is 12.5. The maximum Gasteiger partial charge on any atom is 0.335 e. The molecule has 2 amide bonds. The van der Waals surface area contributed by atoms with Crippen molar-refractivity contribution in [3.05, 3.63) is 57.3 Å². The molecule has 1 aromatic heterocycles. The summed E-state index contributed by atoms with van der Waals surface area (Å²) >= 11 is 1.75. The number of carbonyl (C=O) groups is 2. The molecular formula is C17H18N2O3S. The van der Waals surface area contributed by atoms with Crippen LogP contribution in [0, 0.1) is 0 Å². The first-order valence-corrected chi connectivity index (χ1v) is 8.44. The Morgan fingerprint density at radius 1 is 1.22 bits per heavy atom. The van der Waals surface area contributed by atoms with Gasteiger partial charge in [-0.05, 0) is 54.0 Å². The van der Waals surface area contributed by atoms with Gasteiger partial charge in [0.15, 0.2) is 0 Å². The summed E-state index contributed by atoms with van der Waals surface area (Å²) in [6, 6.07) is 8.47. The third kappa shape index (κ3) is 3.71. The molecule has 0 bridgehead atoms. The van der Waals surface area contributed by atoms with Gasteiger partial charge in [0.25, 0.3) is 0 Å². The van der Waals surface area contributed by atoms with Crippen LogP contribution in [-0.4, -0.2) is 17.1 Å². The highest BCUT2D eigenvalue weighted by Gasteiger charge is 2.22. The molecule has 1 aromatic carbocycles. The number of benzene rings is 1. The van der Waals surface area contributed by atoms with Gasteiger partial charge in [-0.1, -0.05) is 12.1 Å². The molecule has 1 unspecified atom stereocenters. The standard InChI is InChI=1S/C17H18N2O3S/c20-16(21)12-6-4-11(5-7-12)10-18-17(22)19-14-2-1-3-15-13(14)8-9-23-15/h4-9,14H,1-3,10H2,(H,20,21)(H2,18,19,22). The fraction of sp³-hybridized carbons (Fsp3) is 0.294. The summed E-state index contributed by atoms with van der Waals surface area (Å²) in [6.45, 7) is 0.370. The lowest BCUT2D eigenvalue weighted by molar-refractivity contribution is 0.0697. The van der Waals surface area contributed by atoms with Gasteiger partial charge in [-0.15, -0.1) is 11.3 Å². The lowest BCUT2D eigenvalue weighted by atomic mass is 9.94. The van der Waals surface area contributed by atoms with E-state index in [1.165, 1.54) is 22.6 Å². The normalized spacial score (nSPS) is 16.4. The van der Waals surface area contributed by atoms with Crippen molar-refractivity contribution < 1.29 is 14.7 Å². The second-order valence-corrected chi connectivity index (χ2v) is 6.57. The average molecular weight is 330 g/mol. The molecule has 5 nitrogen and oxygen atoms in total. The number of fused-ring (bicyclic) bond motifs is 1. The van der Waals surface area contributed by atoms with E-state index < -0.39 is 5.97 Å². The molecule has 0 fully saturated rings. The first-order chi connectivity index (χ1) is 11.1. The Balaban J connectivity index is 1.53. The fourth-order valence-electron chi connectivity index (χ4n) is 2.79. The van der Waals surface area contributed by atoms with Crippen LogP contribution in [0.5, 0.6) is 0 Å². The second kappa shape index (κ2) is 6.83. The topological polar surface area (TPSA) is 78.4 Å². The number of urea groups is 1. The highest BCUT2D eigenvalue weighted by Crippen LogP contribution is 2.33. The zero-order valence-corrected chi connectivity index (χ0v) is 13.4. The number of hydrogen-bond acceptors (Lipinski definition) is 3. The second-order valence-electron chi connectivity index (χ2n) is 5.57. The lowest BCUT2D eigenvalue weighted by Gasteiger charge is -2.23. The molecule has 120 valence electrons. The molecule has 2 aromatic rings. The van der Waals surface area contributed by atoms with E-state index in [4.69, 9.17) is 5.11 Å². The third-order valence-corrected chi connectivity index (χ3v) is 5.01. The van der Waals surface area contributed by atoms with Crippen LogP contribution >= 0.6 is 11.3 Å². The summed E-state index contributed by atoms with van der Waals surface area (Å²) in [5.41, 5.74) is 2.35. The van der Waals surface area contributed by atoms with Gasteiger partial charge in [0, 0.05) is 11.4 Å². The van der Waals surface area contributed by atoms with Crippen LogP contribution in [0.3, 0.4) is 0 Å². The predicted molar refractivity (Wildman–Crippen MR) is 88.8 cm³/mol. The van der Waals surface area contributed by atoms with E-state index >= 15 is 0 Å². The van der Waals surface area contributed by atoms with Crippen LogP contribution in [0.25, 0.3) is 0 Å². The van der Waals surface area contributed by atoms with Crippen molar-refractivity contribution in [1.29, 1.82) is 0 Å². The van der Waals surface area contributed by atoms with Crippen LogP contribution < -0.4 is 10.6 Å². The Hall–Kier alpha value is -2.34. The van der Waals surface area contributed by atoms with Gasteiger partial charge < -0.3 is 15.7 Å². The summed E-state index contributed by atoms with van der Waals surface area (Å²) in [7, 11) is 0. The van der Waals surface area contributed by atoms with Crippen LogP contribution in [0.2, 0.25) is 0 Å². The molecule has 3 rings (SSSR count). The Morgan fingerprint density at radius 2 is 2.00 bits per heavy atom. The third-order valence-electron chi connectivity index (χ3n) is 4.01. The van der Waals surface area contributed by atoms with Gasteiger partial charge in [0.1, 0.15) is 0 Å². The number of carboxylic acids is 1. The van der Waals surface area contributed by atoms with Crippen molar-refractivity contribution in [2.24, 2.45) is 0 Å². The van der Waals surface area contributed by atoms with Crippen LogP contribution in [0.4, 0.5) is 4.79 Å². The number of amides is 2. The number of thiophene rings is 1. The molecule has 23 heavy (non-hydrogen) atoms. The highest BCUT2D eigenvalue weighted by molar-refractivity contribution is 7.10. The van der Waals surface area contributed by atoms with Gasteiger partial charge in [0.05, 0.1) is 11.6 Å². The van der Waals surface area contributed by atoms with Crippen molar-refractivity contribution in [3.8, 4) is 0 Å². The minimum atomic E-state index is -0.953. The van der Waals surface area contributed by atoms with Gasteiger partial charge in [-0.25, -0.2) is 9.59 Å². The van der Waals surface area contributed by atoms with E-state index in [1.807, 2.05) is 0 Å². The van der Waals surface area contributed by atoms with Gasteiger partial charge >= 0.3 is 12.0 Å². The summed E-state index contributed by atoms with van der Waals surface area (Å²) in [4.78, 5) is 24.2. The smallest absolute Gasteiger partial charge is 0.335 e. The van der Waals surface area contributed by atoms with E-state index in [0.717, 1.165) is 24.8 Å². The van der Waals surface area contributed by atoms with Crippen molar-refractivity contribution in [2.45, 2.75) is 31.8 Å². The van der Waals surface area contributed by atoms with Crippen LogP contribution in [-0.2, 0) is 13.0 Å². The largest absolute Gasteiger partial charge is 0.478 e. The monoisotopic (exact) mass is 330 g/mol. The quantitative estimate of drug-likeness (QED) is 0.804. The number of nitrogens with one attached hydrogen (secondary N) is 2. The molecule has 0 saturated carbocycles. The van der Waals surface area contributed by atoms with Crippen LogP contribution in [0.15, 0.2) is 35.7 Å². The Kier molecular flexibility index (Phi) is 4.62. The molecule has 1 aliphatic rings. The summed E-state index contributed by atoms with van der Waals surface area (Å²) in [5, 5.41) is 16.8. The molecule has 0 saturated heterocycles. The number of hydrogen-bond donors (Lipinski definition) is 3. The Bertz CT molecular complexity index is 709. The van der Waals surface area contributed by atoms with E-state index in [2.05, 4.69) is 22.1 Å². The molecule has 0 radical (unpaired) electrons. The number of aromatic carboxylic acids is 1. The van der Waals surface area contributed by atoms with Crippen molar-refractivity contribution >= 4 is 23.3 Å². The molecule has 0 aliphatic heterocycles. The Morgan fingerprint density at radius 3 is 2.74 bits per heavy atom. The maximum atomic E-state index is 12.1. The summed E-state index contributed by atoms with van der Waals surface area (Å²) in [5.74, 6) is -0.953. The number of carbonyl (C=O) groups excluding carboxylic acids is 1. The molecule has 1 heterocycles. The minimum Gasteiger partial charge on any atom is -0.478 e. The first-order valence-electron chi connectivity index (χ1n) is 7.56. The van der Waals surface area contributed by atoms with E-state index in [9.17, 15) is 9.59 Å². The van der Waals surface area contributed by atoms with Crippen molar-refractivity contribution in [3.63, 3.8) is 0 Å². The van der Waals surface area contributed by atoms with Crippen LogP contribution in [0.1, 0.15) is 45.2 Å². The van der Waals surface area contributed by atoms with Crippen molar-refractivity contribution in [1.82, 2.24) is 10.6 Å². The summed E-state index contributed by atoms with van der Waals surface area (Å²) in [6.07, 6.45) is 3.16. The number of rotatable bonds is 4. The lowest BCUT2D eigenvalue weighted by Crippen LogP contribution is -2.38. The van der Waals surface area contributed by atoms with Gasteiger partial charge in [-0.3, -0.25) is 0 Å².